The molecule has 1 fully saturated rings. The molecule has 1 aromatic rings. The van der Waals surface area contributed by atoms with Gasteiger partial charge in [-0.05, 0) is 31.0 Å². The number of sulfonamides is 1. The number of amides is 1. The lowest BCUT2D eigenvalue weighted by atomic mass is 10.2. The molecule has 0 heterocycles. The first-order chi connectivity index (χ1) is 9.83. The lowest BCUT2D eigenvalue weighted by Crippen LogP contribution is -2.36. The minimum Gasteiger partial charge on any atom is -0.495 e. The first-order valence-corrected chi connectivity index (χ1v) is 8.00. The minimum absolute atomic E-state index is 0.0148. The van der Waals surface area contributed by atoms with Crippen LogP contribution in [-0.4, -0.2) is 46.6 Å². The number of hydrogen-bond acceptors (Lipinski definition) is 5. The molecule has 0 atom stereocenters. The Hall–Kier alpha value is -1.64. The highest BCUT2D eigenvalue weighted by Crippen LogP contribution is 2.28. The third kappa shape index (κ3) is 3.93. The monoisotopic (exact) mass is 313 g/mol. The van der Waals surface area contributed by atoms with Crippen LogP contribution in [0.5, 0.6) is 5.75 Å². The van der Waals surface area contributed by atoms with Crippen molar-refractivity contribution in [1.29, 1.82) is 0 Å². The third-order valence-corrected chi connectivity index (χ3v) is 4.48. The Morgan fingerprint density at radius 3 is 2.52 bits per heavy atom. The van der Waals surface area contributed by atoms with Crippen molar-refractivity contribution in [3.8, 4) is 5.75 Å². The summed E-state index contributed by atoms with van der Waals surface area (Å²) in [5.41, 5.74) is 2.82. The second-order valence-electron chi connectivity index (χ2n) is 5.10. The Morgan fingerprint density at radius 2 is 2.00 bits per heavy atom. The van der Waals surface area contributed by atoms with Crippen LogP contribution < -0.4 is 14.9 Å². The largest absolute Gasteiger partial charge is 0.495 e. The summed E-state index contributed by atoms with van der Waals surface area (Å²) >= 11 is 0. The molecule has 0 aromatic heterocycles. The third-order valence-electron chi connectivity index (χ3n) is 2.94. The van der Waals surface area contributed by atoms with Crippen LogP contribution in [0.2, 0.25) is 0 Å². The van der Waals surface area contributed by atoms with E-state index < -0.39 is 10.0 Å². The van der Waals surface area contributed by atoms with E-state index in [-0.39, 0.29) is 28.2 Å². The number of hydrazine groups is 1. The fourth-order valence-corrected chi connectivity index (χ4v) is 3.28. The van der Waals surface area contributed by atoms with E-state index in [9.17, 15) is 13.2 Å². The molecule has 1 amide bonds. The Bertz CT molecular complexity index is 639. The molecule has 0 aliphatic heterocycles. The Kier molecular flexibility index (Phi) is 4.50. The van der Waals surface area contributed by atoms with E-state index in [1.165, 1.54) is 30.3 Å². The molecule has 0 saturated heterocycles. The van der Waals surface area contributed by atoms with Crippen molar-refractivity contribution in [3.05, 3.63) is 23.8 Å². The smallest absolute Gasteiger partial charge is 0.265 e. The number of benzene rings is 1. The molecule has 2 rings (SSSR count). The van der Waals surface area contributed by atoms with Gasteiger partial charge in [0.05, 0.1) is 7.11 Å². The number of hydrogen-bond donors (Lipinski definition) is 2. The first kappa shape index (κ1) is 15.7. The van der Waals surface area contributed by atoms with Gasteiger partial charge in [-0.15, -0.1) is 0 Å². The van der Waals surface area contributed by atoms with E-state index in [1.807, 2.05) is 0 Å². The van der Waals surface area contributed by atoms with E-state index in [0.29, 0.717) is 0 Å². The number of ether oxygens (including phenoxy) is 1. The fraction of sp³-hybridized carbons (Fsp3) is 0.462. The van der Waals surface area contributed by atoms with Gasteiger partial charge >= 0.3 is 0 Å². The maximum atomic E-state index is 12.3. The molecule has 1 saturated carbocycles. The van der Waals surface area contributed by atoms with Gasteiger partial charge in [-0.25, -0.2) is 18.1 Å². The molecule has 0 radical (unpaired) electrons. The summed E-state index contributed by atoms with van der Waals surface area (Å²) in [5.74, 6) is -0.171. The number of methoxy groups -OCH3 is 1. The van der Waals surface area contributed by atoms with Gasteiger partial charge in [-0.1, -0.05) is 0 Å². The lowest BCUT2D eigenvalue weighted by molar-refractivity contribution is 0.0856. The van der Waals surface area contributed by atoms with E-state index in [2.05, 4.69) is 10.1 Å². The predicted octanol–water partition coefficient (Wildman–Crippen LogP) is 0.342. The molecule has 7 nitrogen and oxygen atoms in total. The highest BCUT2D eigenvalue weighted by molar-refractivity contribution is 7.89. The number of nitrogens with zero attached hydrogens (tertiary/aromatic N) is 1. The Balaban J connectivity index is 2.35. The second-order valence-corrected chi connectivity index (χ2v) is 6.78. The summed E-state index contributed by atoms with van der Waals surface area (Å²) in [6, 6.07) is 4.31. The number of rotatable bonds is 6. The van der Waals surface area contributed by atoms with Gasteiger partial charge in [-0.2, -0.15) is 0 Å². The van der Waals surface area contributed by atoms with Crippen molar-refractivity contribution in [3.63, 3.8) is 0 Å². The van der Waals surface area contributed by atoms with Gasteiger partial charge in [0.25, 0.3) is 5.91 Å². The van der Waals surface area contributed by atoms with Crippen LogP contribution in [0.1, 0.15) is 23.2 Å². The van der Waals surface area contributed by atoms with Gasteiger partial charge in [-0.3, -0.25) is 10.2 Å². The molecule has 116 valence electrons. The van der Waals surface area contributed by atoms with Gasteiger partial charge in [0.1, 0.15) is 10.6 Å². The SMILES string of the molecule is COc1ccc(C(=O)NN(C)C)cc1S(=O)(=O)NC1CC1. The first-order valence-electron chi connectivity index (χ1n) is 6.52. The van der Waals surface area contributed by atoms with Crippen molar-refractivity contribution in [2.45, 2.75) is 23.8 Å². The zero-order valence-corrected chi connectivity index (χ0v) is 13.0. The van der Waals surface area contributed by atoms with Crippen molar-refractivity contribution in [2.24, 2.45) is 0 Å². The van der Waals surface area contributed by atoms with Gasteiger partial charge < -0.3 is 4.74 Å². The molecule has 21 heavy (non-hydrogen) atoms. The Labute approximate surface area is 124 Å². The van der Waals surface area contributed by atoms with Crippen LogP contribution in [0.15, 0.2) is 23.1 Å². The van der Waals surface area contributed by atoms with Gasteiger partial charge in [0.2, 0.25) is 10.0 Å². The summed E-state index contributed by atoms with van der Waals surface area (Å²) in [6.45, 7) is 0. The van der Waals surface area contributed by atoms with Crippen molar-refractivity contribution < 1.29 is 17.9 Å². The topological polar surface area (TPSA) is 87.7 Å². The molecule has 2 N–H and O–H groups in total. The summed E-state index contributed by atoms with van der Waals surface area (Å²) in [6.07, 6.45) is 1.67. The zero-order chi connectivity index (χ0) is 15.6. The molecule has 8 heteroatoms. The molecule has 0 unspecified atom stereocenters. The molecule has 1 aliphatic rings. The minimum atomic E-state index is -3.69. The van der Waals surface area contributed by atoms with E-state index >= 15 is 0 Å². The van der Waals surface area contributed by atoms with Gasteiger partial charge in [0, 0.05) is 25.7 Å². The highest BCUT2D eigenvalue weighted by atomic mass is 32.2. The fourth-order valence-electron chi connectivity index (χ4n) is 1.78. The van der Waals surface area contributed by atoms with Crippen molar-refractivity contribution in [1.82, 2.24) is 15.2 Å². The summed E-state index contributed by atoms with van der Waals surface area (Å²) < 4.78 is 32.3. The second kappa shape index (κ2) is 6.00. The van der Waals surface area contributed by atoms with Crippen LogP contribution in [0.3, 0.4) is 0 Å². The van der Waals surface area contributed by atoms with Gasteiger partial charge in [0.15, 0.2) is 0 Å². The van der Waals surface area contributed by atoms with Crippen LogP contribution in [-0.2, 0) is 10.0 Å². The van der Waals surface area contributed by atoms with Crippen molar-refractivity contribution >= 4 is 15.9 Å². The average Bonchev–Trinajstić information content (AvgIpc) is 3.20. The number of carbonyl (C=O) groups excluding carboxylic acids is 1. The van der Waals surface area contributed by atoms with E-state index in [0.717, 1.165) is 12.8 Å². The molecule has 0 spiro atoms. The molecular formula is C13H19N3O4S. The van der Waals surface area contributed by atoms with Crippen LogP contribution in [0, 0.1) is 0 Å². The summed E-state index contributed by atoms with van der Waals surface area (Å²) in [5, 5.41) is 1.49. The average molecular weight is 313 g/mol. The molecule has 1 aliphatic carbocycles. The van der Waals surface area contributed by atoms with E-state index in [1.54, 1.807) is 14.1 Å². The highest BCUT2D eigenvalue weighted by Gasteiger charge is 2.30. The summed E-state index contributed by atoms with van der Waals surface area (Å²) in [7, 11) is 1.05. The quantitative estimate of drug-likeness (QED) is 0.740. The standard InChI is InChI=1S/C13H19N3O4S/c1-16(2)14-13(17)9-4-7-11(20-3)12(8-9)21(18,19)15-10-5-6-10/h4,7-8,10,15H,5-6H2,1-3H3,(H,14,17). The molecule has 0 bridgehead atoms. The van der Waals surface area contributed by atoms with Crippen LogP contribution in [0.25, 0.3) is 0 Å². The Morgan fingerprint density at radius 1 is 1.33 bits per heavy atom. The number of carbonyl (C=O) groups is 1. The van der Waals surface area contributed by atoms with E-state index in [4.69, 9.17) is 4.74 Å². The number of nitrogens with one attached hydrogen (secondary N) is 2. The maximum absolute atomic E-state index is 12.3. The van der Waals surface area contributed by atoms with Crippen LogP contribution in [0.4, 0.5) is 0 Å². The zero-order valence-electron chi connectivity index (χ0n) is 12.2. The maximum Gasteiger partial charge on any atom is 0.265 e. The molecular weight excluding hydrogens is 294 g/mol. The van der Waals surface area contributed by atoms with Crippen molar-refractivity contribution in [2.75, 3.05) is 21.2 Å². The van der Waals surface area contributed by atoms with Crippen LogP contribution >= 0.6 is 0 Å². The predicted molar refractivity (Wildman–Crippen MR) is 77.5 cm³/mol. The molecule has 1 aromatic carbocycles. The normalized spacial score (nSPS) is 15.0. The lowest BCUT2D eigenvalue weighted by Gasteiger charge is -2.14. The summed E-state index contributed by atoms with van der Waals surface area (Å²) in [4.78, 5) is 11.9.